The van der Waals surface area contributed by atoms with Crippen LogP contribution in [0.5, 0.6) is 0 Å². The van der Waals surface area contributed by atoms with Gasteiger partial charge >= 0.3 is 0 Å². The summed E-state index contributed by atoms with van der Waals surface area (Å²) in [6.45, 7) is 2.76. The van der Waals surface area contributed by atoms with Gasteiger partial charge in [-0.1, -0.05) is 25.1 Å². The lowest BCUT2D eigenvalue weighted by Crippen LogP contribution is -2.25. The van der Waals surface area contributed by atoms with E-state index in [-0.39, 0.29) is 17.5 Å². The molecule has 0 aliphatic carbocycles. The number of fused-ring (bicyclic) bond motifs is 1. The van der Waals surface area contributed by atoms with Gasteiger partial charge in [-0.2, -0.15) is 0 Å². The van der Waals surface area contributed by atoms with Gasteiger partial charge in [0, 0.05) is 29.9 Å². The standard InChI is InChI=1S/C20H20N4O4S2/c1-2-3-10-21-18(25)12-29-20-23-16-9-6-14(11-17(16)30-20)22-19(26)13-4-7-15(8-5-13)24(27)28/h4-9,11H,2-3,10,12H2,1H3,(H,21,25)(H,22,26). The molecule has 0 aliphatic rings. The Hall–Kier alpha value is -2.98. The number of nitro groups is 1. The number of unbranched alkanes of at least 4 members (excludes halogenated alkanes) is 1. The summed E-state index contributed by atoms with van der Waals surface area (Å²) in [6, 6.07) is 10.8. The van der Waals surface area contributed by atoms with Crippen LogP contribution in [-0.2, 0) is 4.79 Å². The van der Waals surface area contributed by atoms with Gasteiger partial charge in [-0.3, -0.25) is 19.7 Å². The molecule has 156 valence electrons. The maximum absolute atomic E-state index is 12.4. The fourth-order valence-corrected chi connectivity index (χ4v) is 4.50. The lowest BCUT2D eigenvalue weighted by molar-refractivity contribution is -0.384. The third-order valence-corrected chi connectivity index (χ3v) is 6.31. The molecule has 0 spiro atoms. The number of carbonyl (C=O) groups excluding carboxylic acids is 2. The molecule has 2 N–H and O–H groups in total. The van der Waals surface area contributed by atoms with E-state index in [0.29, 0.717) is 23.5 Å². The fraction of sp³-hybridized carbons (Fsp3) is 0.250. The molecule has 0 unspecified atom stereocenters. The third-order valence-electron chi connectivity index (χ3n) is 4.15. The number of hydrogen-bond acceptors (Lipinski definition) is 7. The van der Waals surface area contributed by atoms with Crippen LogP contribution in [0.2, 0.25) is 0 Å². The monoisotopic (exact) mass is 444 g/mol. The highest BCUT2D eigenvalue weighted by molar-refractivity contribution is 8.01. The first-order chi connectivity index (χ1) is 14.5. The summed E-state index contributed by atoms with van der Waals surface area (Å²) in [5, 5.41) is 16.4. The number of nitro benzene ring substituents is 1. The number of thiazole rings is 1. The van der Waals surface area contributed by atoms with Gasteiger partial charge in [-0.05, 0) is 36.8 Å². The second kappa shape index (κ2) is 10.2. The molecule has 0 saturated carbocycles. The SMILES string of the molecule is CCCCNC(=O)CSc1nc2ccc(NC(=O)c3ccc([N+](=O)[O-])cc3)cc2s1. The first kappa shape index (κ1) is 21.7. The quantitative estimate of drug-likeness (QED) is 0.218. The zero-order chi connectivity index (χ0) is 21.5. The minimum absolute atomic E-state index is 0.0104. The average Bonchev–Trinajstić information content (AvgIpc) is 3.14. The Morgan fingerprint density at radius 1 is 1.20 bits per heavy atom. The van der Waals surface area contributed by atoms with E-state index in [1.807, 2.05) is 12.1 Å². The maximum Gasteiger partial charge on any atom is 0.269 e. The number of nitrogens with one attached hydrogen (secondary N) is 2. The molecule has 0 radical (unpaired) electrons. The first-order valence-corrected chi connectivity index (χ1v) is 11.1. The second-order valence-electron chi connectivity index (χ2n) is 6.41. The van der Waals surface area contributed by atoms with Gasteiger partial charge in [-0.15, -0.1) is 11.3 Å². The van der Waals surface area contributed by atoms with Crippen LogP contribution in [0.25, 0.3) is 10.2 Å². The number of amides is 2. The van der Waals surface area contributed by atoms with Gasteiger partial charge in [0.25, 0.3) is 11.6 Å². The number of benzene rings is 2. The van der Waals surface area contributed by atoms with E-state index in [9.17, 15) is 19.7 Å². The molecule has 1 heterocycles. The van der Waals surface area contributed by atoms with E-state index in [4.69, 9.17) is 0 Å². The number of rotatable bonds is 9. The van der Waals surface area contributed by atoms with E-state index in [2.05, 4.69) is 22.5 Å². The van der Waals surface area contributed by atoms with Crippen LogP contribution in [-0.4, -0.2) is 34.0 Å². The zero-order valence-electron chi connectivity index (χ0n) is 16.2. The molecule has 8 nitrogen and oxygen atoms in total. The maximum atomic E-state index is 12.4. The number of carbonyl (C=O) groups is 2. The largest absolute Gasteiger partial charge is 0.355 e. The molecule has 0 saturated heterocycles. The molecule has 2 amide bonds. The zero-order valence-corrected chi connectivity index (χ0v) is 17.8. The summed E-state index contributed by atoms with van der Waals surface area (Å²) in [6.07, 6.45) is 2.00. The van der Waals surface area contributed by atoms with Crippen LogP contribution >= 0.6 is 23.1 Å². The highest BCUT2D eigenvalue weighted by Gasteiger charge is 2.12. The van der Waals surface area contributed by atoms with Crippen molar-refractivity contribution in [1.82, 2.24) is 10.3 Å². The minimum atomic E-state index is -0.510. The topological polar surface area (TPSA) is 114 Å². The van der Waals surface area contributed by atoms with Crippen molar-refractivity contribution in [1.29, 1.82) is 0 Å². The summed E-state index contributed by atoms with van der Waals surface area (Å²) >= 11 is 2.84. The van der Waals surface area contributed by atoms with Crippen LogP contribution in [0.3, 0.4) is 0 Å². The average molecular weight is 445 g/mol. The van der Waals surface area contributed by atoms with Crippen LogP contribution in [0, 0.1) is 10.1 Å². The Labute approximate surface area is 181 Å². The Kier molecular flexibility index (Phi) is 7.36. The van der Waals surface area contributed by atoms with Crippen molar-refractivity contribution in [2.45, 2.75) is 24.1 Å². The van der Waals surface area contributed by atoms with E-state index < -0.39 is 4.92 Å². The highest BCUT2D eigenvalue weighted by Crippen LogP contribution is 2.31. The van der Waals surface area contributed by atoms with E-state index in [1.165, 1.54) is 47.4 Å². The summed E-state index contributed by atoms with van der Waals surface area (Å²) in [5.41, 5.74) is 1.66. The van der Waals surface area contributed by atoms with Crippen molar-refractivity contribution in [3.63, 3.8) is 0 Å². The molecule has 3 rings (SSSR count). The van der Waals surface area contributed by atoms with Gasteiger partial charge in [0.2, 0.25) is 5.91 Å². The van der Waals surface area contributed by atoms with Crippen molar-refractivity contribution in [3.05, 3.63) is 58.1 Å². The predicted molar refractivity (Wildman–Crippen MR) is 119 cm³/mol. The first-order valence-electron chi connectivity index (χ1n) is 9.32. The van der Waals surface area contributed by atoms with E-state index >= 15 is 0 Å². The van der Waals surface area contributed by atoms with Crippen LogP contribution in [0.15, 0.2) is 46.8 Å². The number of non-ortho nitro benzene ring substituents is 1. The highest BCUT2D eigenvalue weighted by atomic mass is 32.2. The van der Waals surface area contributed by atoms with Gasteiger partial charge < -0.3 is 10.6 Å². The summed E-state index contributed by atoms with van der Waals surface area (Å²) < 4.78 is 1.68. The number of hydrogen-bond donors (Lipinski definition) is 2. The van der Waals surface area contributed by atoms with Gasteiger partial charge in [0.05, 0.1) is 20.9 Å². The Morgan fingerprint density at radius 2 is 1.97 bits per heavy atom. The molecule has 1 aromatic heterocycles. The van der Waals surface area contributed by atoms with Crippen molar-refractivity contribution in [2.75, 3.05) is 17.6 Å². The van der Waals surface area contributed by atoms with E-state index in [1.54, 1.807) is 6.07 Å². The molecule has 30 heavy (non-hydrogen) atoms. The normalized spacial score (nSPS) is 10.7. The number of thioether (sulfide) groups is 1. The van der Waals surface area contributed by atoms with Gasteiger partial charge in [-0.25, -0.2) is 4.98 Å². The smallest absolute Gasteiger partial charge is 0.269 e. The molecule has 0 atom stereocenters. The number of nitrogens with zero attached hydrogens (tertiary/aromatic N) is 2. The summed E-state index contributed by atoms with van der Waals surface area (Å²) in [7, 11) is 0. The lowest BCUT2D eigenvalue weighted by Gasteiger charge is -2.05. The number of aromatic nitrogens is 1. The second-order valence-corrected chi connectivity index (χ2v) is 8.67. The van der Waals surface area contributed by atoms with E-state index in [0.717, 1.165) is 27.4 Å². The van der Waals surface area contributed by atoms with Crippen LogP contribution < -0.4 is 10.6 Å². The van der Waals surface area contributed by atoms with Crippen molar-refractivity contribution in [2.24, 2.45) is 0 Å². The van der Waals surface area contributed by atoms with Gasteiger partial charge in [0.15, 0.2) is 4.34 Å². The Bertz CT molecular complexity index is 1070. The van der Waals surface area contributed by atoms with Crippen LogP contribution in [0.4, 0.5) is 11.4 Å². The fourth-order valence-electron chi connectivity index (χ4n) is 2.56. The Morgan fingerprint density at radius 3 is 2.67 bits per heavy atom. The van der Waals surface area contributed by atoms with Crippen molar-refractivity contribution < 1.29 is 14.5 Å². The van der Waals surface area contributed by atoms with Crippen molar-refractivity contribution >= 4 is 56.5 Å². The minimum Gasteiger partial charge on any atom is -0.355 e. The molecule has 0 bridgehead atoms. The molecule has 3 aromatic rings. The van der Waals surface area contributed by atoms with Gasteiger partial charge in [0.1, 0.15) is 0 Å². The molecule has 10 heteroatoms. The summed E-state index contributed by atoms with van der Waals surface area (Å²) in [4.78, 5) is 38.9. The number of anilines is 1. The van der Waals surface area contributed by atoms with Crippen LogP contribution in [0.1, 0.15) is 30.1 Å². The molecular weight excluding hydrogens is 424 g/mol. The third kappa shape index (κ3) is 5.77. The molecule has 0 aliphatic heterocycles. The predicted octanol–water partition coefficient (Wildman–Crippen LogP) is 4.47. The Balaban J connectivity index is 1.61. The molecular formula is C20H20N4O4S2. The molecule has 0 fully saturated rings. The molecule has 2 aromatic carbocycles. The lowest BCUT2D eigenvalue weighted by atomic mass is 10.2. The summed E-state index contributed by atoms with van der Waals surface area (Å²) in [5.74, 6) is -0.0522. The van der Waals surface area contributed by atoms with Crippen molar-refractivity contribution in [3.8, 4) is 0 Å².